The number of nitrogens with one attached hydrogen (secondary N) is 1. The van der Waals surface area contributed by atoms with Crippen molar-refractivity contribution in [2.75, 3.05) is 13.1 Å². The Morgan fingerprint density at radius 1 is 0.632 bits per heavy atom. The van der Waals surface area contributed by atoms with E-state index in [0.717, 1.165) is 5.92 Å². The number of unbranched alkanes of at least 4 members (excludes halogenated alkanes) is 7. The minimum absolute atomic E-state index is 0.927. The summed E-state index contributed by atoms with van der Waals surface area (Å²) in [4.78, 5) is 0. The van der Waals surface area contributed by atoms with Gasteiger partial charge in [0.15, 0.2) is 0 Å². The van der Waals surface area contributed by atoms with Crippen LogP contribution in [0, 0.1) is 5.92 Å². The van der Waals surface area contributed by atoms with E-state index < -0.39 is 0 Å². The average molecular weight is 270 g/mol. The van der Waals surface area contributed by atoms with Crippen LogP contribution >= 0.6 is 0 Å². The van der Waals surface area contributed by atoms with Gasteiger partial charge in [0.05, 0.1) is 0 Å². The summed E-state index contributed by atoms with van der Waals surface area (Å²) in [5, 5.41) is 3.60. The van der Waals surface area contributed by atoms with Gasteiger partial charge in [-0.1, -0.05) is 78.6 Å². The fraction of sp³-hybridized carbons (Fsp3) is 1.00. The zero-order valence-corrected chi connectivity index (χ0v) is 14.0. The molecule has 0 aromatic carbocycles. The lowest BCUT2D eigenvalue weighted by Crippen LogP contribution is -2.23. The maximum absolute atomic E-state index is 3.60. The van der Waals surface area contributed by atoms with Crippen molar-refractivity contribution < 1.29 is 0 Å². The highest BCUT2D eigenvalue weighted by atomic mass is 14.8. The van der Waals surface area contributed by atoms with Gasteiger partial charge in [-0.05, 0) is 38.3 Å². The first-order chi connectivity index (χ1) is 9.35. The molecule has 1 unspecified atom stereocenters. The summed E-state index contributed by atoms with van der Waals surface area (Å²) in [5.41, 5.74) is 0. The van der Waals surface area contributed by atoms with Crippen LogP contribution in [0.15, 0.2) is 0 Å². The molecule has 0 fully saturated rings. The first kappa shape index (κ1) is 19.0. The molecule has 1 heteroatoms. The Balaban J connectivity index is 3.36. The monoisotopic (exact) mass is 269 g/mol. The molecule has 0 bridgehead atoms. The molecule has 0 amide bonds. The fourth-order valence-electron chi connectivity index (χ4n) is 2.81. The zero-order chi connectivity index (χ0) is 14.2. The Hall–Kier alpha value is -0.0400. The summed E-state index contributed by atoms with van der Waals surface area (Å²) in [5.74, 6) is 0.927. The maximum Gasteiger partial charge on any atom is -0.00205 e. The van der Waals surface area contributed by atoms with Crippen LogP contribution in [-0.4, -0.2) is 13.1 Å². The molecule has 116 valence electrons. The van der Waals surface area contributed by atoms with E-state index in [4.69, 9.17) is 0 Å². The van der Waals surface area contributed by atoms with E-state index in [1.165, 1.54) is 90.1 Å². The van der Waals surface area contributed by atoms with Gasteiger partial charge in [-0.2, -0.15) is 0 Å². The standard InChI is InChI=1S/C18H39N/c1-4-7-8-9-10-11-12-13-15-18(14-5-2)17-19-16-6-3/h18-19H,4-17H2,1-3H3. The SMILES string of the molecule is CCCCCCCCCCC(CCC)CNCCC. The summed E-state index contributed by atoms with van der Waals surface area (Å²) in [7, 11) is 0. The van der Waals surface area contributed by atoms with E-state index in [1.54, 1.807) is 0 Å². The maximum atomic E-state index is 3.60. The quantitative estimate of drug-likeness (QED) is 0.363. The van der Waals surface area contributed by atoms with E-state index in [-0.39, 0.29) is 0 Å². The molecule has 0 saturated carbocycles. The highest BCUT2D eigenvalue weighted by molar-refractivity contribution is 4.62. The van der Waals surface area contributed by atoms with Crippen molar-refractivity contribution in [1.29, 1.82) is 0 Å². The van der Waals surface area contributed by atoms with Crippen LogP contribution in [0.25, 0.3) is 0 Å². The van der Waals surface area contributed by atoms with E-state index in [1.807, 2.05) is 0 Å². The van der Waals surface area contributed by atoms with Crippen molar-refractivity contribution in [3.05, 3.63) is 0 Å². The molecule has 0 heterocycles. The van der Waals surface area contributed by atoms with Crippen LogP contribution < -0.4 is 5.32 Å². The third kappa shape index (κ3) is 14.2. The molecule has 0 rings (SSSR count). The predicted octanol–water partition coefficient (Wildman–Crippen LogP) is 5.93. The van der Waals surface area contributed by atoms with Crippen molar-refractivity contribution in [2.24, 2.45) is 5.92 Å². The third-order valence-corrected chi connectivity index (χ3v) is 4.02. The van der Waals surface area contributed by atoms with Gasteiger partial charge in [-0.25, -0.2) is 0 Å². The third-order valence-electron chi connectivity index (χ3n) is 4.02. The molecule has 0 radical (unpaired) electrons. The fourth-order valence-corrected chi connectivity index (χ4v) is 2.81. The summed E-state index contributed by atoms with van der Waals surface area (Å²) in [6.45, 7) is 9.30. The van der Waals surface area contributed by atoms with E-state index in [2.05, 4.69) is 26.1 Å². The molecule has 0 aromatic heterocycles. The molecule has 19 heavy (non-hydrogen) atoms. The first-order valence-electron chi connectivity index (χ1n) is 9.05. The van der Waals surface area contributed by atoms with Gasteiger partial charge in [-0.15, -0.1) is 0 Å². The lowest BCUT2D eigenvalue weighted by molar-refractivity contribution is 0.395. The molecule has 1 N–H and O–H groups in total. The lowest BCUT2D eigenvalue weighted by Gasteiger charge is -2.16. The largest absolute Gasteiger partial charge is 0.316 e. The van der Waals surface area contributed by atoms with Gasteiger partial charge in [0.1, 0.15) is 0 Å². The Kier molecular flexibility index (Phi) is 16.0. The Labute approximate surface area is 122 Å². The molecule has 0 spiro atoms. The van der Waals surface area contributed by atoms with E-state index in [9.17, 15) is 0 Å². The Morgan fingerprint density at radius 2 is 1.26 bits per heavy atom. The van der Waals surface area contributed by atoms with Crippen molar-refractivity contribution >= 4 is 0 Å². The summed E-state index contributed by atoms with van der Waals surface area (Å²) < 4.78 is 0. The van der Waals surface area contributed by atoms with E-state index in [0.29, 0.717) is 0 Å². The highest BCUT2D eigenvalue weighted by Crippen LogP contribution is 2.16. The number of rotatable bonds is 15. The summed E-state index contributed by atoms with van der Waals surface area (Å²) in [6, 6.07) is 0. The van der Waals surface area contributed by atoms with Crippen molar-refractivity contribution in [3.8, 4) is 0 Å². The summed E-state index contributed by atoms with van der Waals surface area (Å²) in [6.07, 6.45) is 17.0. The van der Waals surface area contributed by atoms with Gasteiger partial charge >= 0.3 is 0 Å². The highest BCUT2D eigenvalue weighted by Gasteiger charge is 2.06. The van der Waals surface area contributed by atoms with Crippen molar-refractivity contribution in [2.45, 2.75) is 97.8 Å². The van der Waals surface area contributed by atoms with Crippen LogP contribution in [0.4, 0.5) is 0 Å². The smallest absolute Gasteiger partial charge is 0.00205 e. The van der Waals surface area contributed by atoms with Gasteiger partial charge in [0.25, 0.3) is 0 Å². The zero-order valence-electron chi connectivity index (χ0n) is 14.0. The topological polar surface area (TPSA) is 12.0 Å². The average Bonchev–Trinajstić information content (AvgIpc) is 2.42. The van der Waals surface area contributed by atoms with Crippen molar-refractivity contribution in [3.63, 3.8) is 0 Å². The van der Waals surface area contributed by atoms with Gasteiger partial charge in [-0.3, -0.25) is 0 Å². The number of hydrogen-bond acceptors (Lipinski definition) is 1. The second kappa shape index (κ2) is 16.0. The minimum Gasteiger partial charge on any atom is -0.316 e. The first-order valence-corrected chi connectivity index (χ1v) is 9.05. The molecular weight excluding hydrogens is 230 g/mol. The van der Waals surface area contributed by atoms with Crippen LogP contribution in [-0.2, 0) is 0 Å². The van der Waals surface area contributed by atoms with Gasteiger partial charge in [0.2, 0.25) is 0 Å². The molecule has 0 aliphatic heterocycles. The minimum atomic E-state index is 0.927. The Morgan fingerprint density at radius 3 is 1.84 bits per heavy atom. The van der Waals surface area contributed by atoms with Gasteiger partial charge in [0, 0.05) is 0 Å². The molecule has 0 saturated heterocycles. The van der Waals surface area contributed by atoms with Gasteiger partial charge < -0.3 is 5.32 Å². The second-order valence-corrected chi connectivity index (χ2v) is 6.12. The van der Waals surface area contributed by atoms with Crippen LogP contribution in [0.3, 0.4) is 0 Å². The van der Waals surface area contributed by atoms with Crippen LogP contribution in [0.1, 0.15) is 97.8 Å². The molecule has 1 nitrogen and oxygen atoms in total. The second-order valence-electron chi connectivity index (χ2n) is 6.12. The Bertz CT molecular complexity index is 156. The van der Waals surface area contributed by atoms with E-state index >= 15 is 0 Å². The normalized spacial score (nSPS) is 12.8. The molecular formula is C18H39N. The lowest BCUT2D eigenvalue weighted by atomic mass is 9.95. The molecule has 0 aliphatic rings. The van der Waals surface area contributed by atoms with Crippen LogP contribution in [0.5, 0.6) is 0 Å². The predicted molar refractivity (Wildman–Crippen MR) is 88.8 cm³/mol. The molecule has 1 atom stereocenters. The van der Waals surface area contributed by atoms with Crippen LogP contribution in [0.2, 0.25) is 0 Å². The summed E-state index contributed by atoms with van der Waals surface area (Å²) >= 11 is 0. The van der Waals surface area contributed by atoms with Crippen molar-refractivity contribution in [1.82, 2.24) is 5.32 Å². The molecule has 0 aromatic rings. The number of hydrogen-bond donors (Lipinski definition) is 1. The molecule has 0 aliphatic carbocycles.